The average Bonchev–Trinajstić information content (AvgIpc) is 2.75. The van der Waals surface area contributed by atoms with Crippen LogP contribution in [0.3, 0.4) is 0 Å². The van der Waals surface area contributed by atoms with Crippen molar-refractivity contribution in [2.75, 3.05) is 25.4 Å². The molecule has 0 aromatic heterocycles. The number of nitrogens with zero attached hydrogens (tertiary/aromatic N) is 1. The van der Waals surface area contributed by atoms with Gasteiger partial charge in [-0.05, 0) is 37.5 Å². The number of unbranched alkanes of at least 4 members (excludes halogenated alkanes) is 1. The topological polar surface area (TPSA) is 57.6 Å². The van der Waals surface area contributed by atoms with Crippen molar-refractivity contribution in [3.05, 3.63) is 0 Å². The van der Waals surface area contributed by atoms with Crippen LogP contribution in [0, 0.1) is 5.41 Å². The molecule has 1 fully saturated rings. The predicted molar refractivity (Wildman–Crippen MR) is 69.3 cm³/mol. The van der Waals surface area contributed by atoms with E-state index in [2.05, 4.69) is 13.8 Å². The molecule has 102 valence electrons. The van der Waals surface area contributed by atoms with Crippen molar-refractivity contribution in [3.63, 3.8) is 0 Å². The van der Waals surface area contributed by atoms with Gasteiger partial charge in [-0.1, -0.05) is 13.8 Å². The molecule has 1 aliphatic rings. The monoisotopic (exact) mass is 263 g/mol. The van der Waals surface area contributed by atoms with Crippen molar-refractivity contribution in [1.29, 1.82) is 0 Å². The summed E-state index contributed by atoms with van der Waals surface area (Å²) in [6, 6.07) is 0. The van der Waals surface area contributed by atoms with Crippen LogP contribution < -0.4 is 0 Å². The highest BCUT2D eigenvalue weighted by molar-refractivity contribution is 7.89. The zero-order valence-electron chi connectivity index (χ0n) is 11.0. The predicted octanol–water partition coefficient (Wildman–Crippen LogP) is 1.60. The van der Waals surface area contributed by atoms with E-state index in [0.717, 1.165) is 19.3 Å². The summed E-state index contributed by atoms with van der Waals surface area (Å²) in [5.74, 6) is 0.178. The first-order valence-corrected chi connectivity index (χ1v) is 8.19. The zero-order chi connectivity index (χ0) is 12.9. The Morgan fingerprint density at radius 2 is 1.88 bits per heavy atom. The van der Waals surface area contributed by atoms with Gasteiger partial charge < -0.3 is 5.11 Å². The van der Waals surface area contributed by atoms with Crippen molar-refractivity contribution in [3.8, 4) is 0 Å². The summed E-state index contributed by atoms with van der Waals surface area (Å²) in [7, 11) is -3.10. The Kier molecular flexibility index (Phi) is 5.41. The van der Waals surface area contributed by atoms with Gasteiger partial charge in [-0.15, -0.1) is 0 Å². The molecule has 0 aromatic carbocycles. The molecule has 4 nitrogen and oxygen atoms in total. The Hall–Kier alpha value is -0.130. The van der Waals surface area contributed by atoms with Gasteiger partial charge in [0.05, 0.1) is 5.75 Å². The van der Waals surface area contributed by atoms with E-state index in [4.69, 9.17) is 5.11 Å². The van der Waals surface area contributed by atoms with Crippen molar-refractivity contribution < 1.29 is 13.5 Å². The normalized spacial score (nSPS) is 20.9. The molecule has 0 bridgehead atoms. The molecule has 1 heterocycles. The molecule has 1 aliphatic heterocycles. The van der Waals surface area contributed by atoms with Crippen LogP contribution in [0.1, 0.15) is 46.0 Å². The lowest BCUT2D eigenvalue weighted by molar-refractivity contribution is 0.278. The van der Waals surface area contributed by atoms with E-state index in [0.29, 0.717) is 25.9 Å². The third-order valence-electron chi connectivity index (χ3n) is 4.11. The summed E-state index contributed by atoms with van der Waals surface area (Å²) in [4.78, 5) is 0. The molecule has 0 spiro atoms. The van der Waals surface area contributed by atoms with Gasteiger partial charge in [0.15, 0.2) is 0 Å². The second-order valence-corrected chi connectivity index (χ2v) is 7.13. The molecule has 0 amide bonds. The van der Waals surface area contributed by atoms with Crippen molar-refractivity contribution in [2.24, 2.45) is 5.41 Å². The second-order valence-electron chi connectivity index (χ2n) is 5.04. The van der Waals surface area contributed by atoms with E-state index >= 15 is 0 Å². The molecule has 0 saturated carbocycles. The van der Waals surface area contributed by atoms with Gasteiger partial charge in [0.1, 0.15) is 0 Å². The molecule has 0 radical (unpaired) electrons. The number of hydrogen-bond acceptors (Lipinski definition) is 3. The fourth-order valence-electron chi connectivity index (χ4n) is 2.48. The van der Waals surface area contributed by atoms with Crippen molar-refractivity contribution in [1.82, 2.24) is 4.31 Å². The van der Waals surface area contributed by atoms with Crippen molar-refractivity contribution in [2.45, 2.75) is 46.0 Å². The van der Waals surface area contributed by atoms with Gasteiger partial charge in [0, 0.05) is 19.7 Å². The zero-order valence-corrected chi connectivity index (χ0v) is 11.8. The second kappa shape index (κ2) is 6.16. The summed E-state index contributed by atoms with van der Waals surface area (Å²) in [6.07, 6.45) is 4.21. The molecular formula is C12H25NO3S. The molecule has 0 aromatic rings. The Bertz CT molecular complexity index is 323. The molecule has 17 heavy (non-hydrogen) atoms. The molecule has 1 saturated heterocycles. The van der Waals surface area contributed by atoms with Crippen LogP contribution >= 0.6 is 0 Å². The van der Waals surface area contributed by atoms with Crippen LogP contribution in [0.4, 0.5) is 0 Å². The molecule has 1 rings (SSSR count). The summed E-state index contributed by atoms with van der Waals surface area (Å²) >= 11 is 0. The minimum Gasteiger partial charge on any atom is -0.396 e. The Morgan fingerprint density at radius 3 is 2.35 bits per heavy atom. The smallest absolute Gasteiger partial charge is 0.214 e. The van der Waals surface area contributed by atoms with Gasteiger partial charge in [-0.2, -0.15) is 0 Å². The van der Waals surface area contributed by atoms with Gasteiger partial charge in [-0.25, -0.2) is 12.7 Å². The maximum absolute atomic E-state index is 12.1. The first kappa shape index (κ1) is 14.9. The molecule has 0 atom stereocenters. The highest BCUT2D eigenvalue weighted by Gasteiger charge is 2.39. The lowest BCUT2D eigenvalue weighted by Crippen LogP contribution is -2.33. The Labute approximate surface area is 105 Å². The van der Waals surface area contributed by atoms with Crippen LogP contribution in [0.2, 0.25) is 0 Å². The lowest BCUT2D eigenvalue weighted by Gasteiger charge is -2.26. The average molecular weight is 263 g/mol. The Morgan fingerprint density at radius 1 is 1.24 bits per heavy atom. The fraction of sp³-hybridized carbons (Fsp3) is 1.00. The first-order chi connectivity index (χ1) is 7.99. The minimum atomic E-state index is -3.10. The largest absolute Gasteiger partial charge is 0.396 e. The van der Waals surface area contributed by atoms with E-state index in [9.17, 15) is 8.42 Å². The minimum absolute atomic E-state index is 0.0728. The quantitative estimate of drug-likeness (QED) is 0.710. The molecule has 1 N–H and O–H groups in total. The number of aliphatic hydroxyl groups is 1. The Balaban J connectivity index is 2.57. The highest BCUT2D eigenvalue weighted by Crippen LogP contribution is 2.38. The van der Waals surface area contributed by atoms with Crippen LogP contribution in [0.5, 0.6) is 0 Å². The van der Waals surface area contributed by atoms with Gasteiger partial charge in [-0.3, -0.25) is 0 Å². The number of aliphatic hydroxyl groups excluding tert-OH is 1. The SMILES string of the molecule is CCC1(CC)CCN(S(=O)(=O)CCCCO)C1. The lowest BCUT2D eigenvalue weighted by atomic mass is 9.82. The summed E-state index contributed by atoms with van der Waals surface area (Å²) in [6.45, 7) is 5.71. The maximum atomic E-state index is 12.1. The third-order valence-corrected chi connectivity index (χ3v) is 6.01. The third kappa shape index (κ3) is 3.66. The summed E-state index contributed by atoms with van der Waals surface area (Å²) < 4.78 is 25.8. The van der Waals surface area contributed by atoms with Gasteiger partial charge >= 0.3 is 0 Å². The number of rotatable bonds is 7. The summed E-state index contributed by atoms with van der Waals surface area (Å²) in [5, 5.41) is 8.68. The maximum Gasteiger partial charge on any atom is 0.214 e. The van der Waals surface area contributed by atoms with E-state index in [1.54, 1.807) is 4.31 Å². The summed E-state index contributed by atoms with van der Waals surface area (Å²) in [5.41, 5.74) is 0.198. The molecule has 5 heteroatoms. The molecular weight excluding hydrogens is 238 g/mol. The fourth-order valence-corrected chi connectivity index (χ4v) is 4.15. The molecule has 0 unspecified atom stereocenters. The van der Waals surface area contributed by atoms with Crippen LogP contribution in [-0.2, 0) is 10.0 Å². The number of hydrogen-bond donors (Lipinski definition) is 1. The van der Waals surface area contributed by atoms with E-state index in [1.165, 1.54) is 0 Å². The van der Waals surface area contributed by atoms with Crippen molar-refractivity contribution >= 4 is 10.0 Å². The van der Waals surface area contributed by atoms with Gasteiger partial charge in [0.2, 0.25) is 10.0 Å². The van der Waals surface area contributed by atoms with Crippen LogP contribution in [0.25, 0.3) is 0 Å². The standard InChI is InChI=1S/C12H25NO3S/c1-3-12(4-2)7-8-13(11-12)17(15,16)10-6-5-9-14/h14H,3-11H2,1-2H3. The van der Waals surface area contributed by atoms with Crippen LogP contribution in [-0.4, -0.2) is 43.3 Å². The van der Waals surface area contributed by atoms with Crippen LogP contribution in [0.15, 0.2) is 0 Å². The first-order valence-electron chi connectivity index (χ1n) is 6.58. The molecule has 0 aliphatic carbocycles. The van der Waals surface area contributed by atoms with E-state index < -0.39 is 10.0 Å². The van der Waals surface area contributed by atoms with E-state index in [1.807, 2.05) is 0 Å². The number of sulfonamides is 1. The van der Waals surface area contributed by atoms with E-state index in [-0.39, 0.29) is 17.8 Å². The van der Waals surface area contributed by atoms with Gasteiger partial charge in [0.25, 0.3) is 0 Å². The highest BCUT2D eigenvalue weighted by atomic mass is 32.2.